The Bertz CT molecular complexity index is 582. The molecule has 0 fully saturated rings. The summed E-state index contributed by atoms with van der Waals surface area (Å²) >= 11 is 0. The third-order valence-corrected chi connectivity index (χ3v) is 3.01. The molecule has 112 valence electrons. The molecule has 2 rings (SSSR count). The van der Waals surface area contributed by atoms with Crippen molar-refractivity contribution in [2.24, 2.45) is 5.73 Å². The van der Waals surface area contributed by atoms with Gasteiger partial charge in [0.05, 0.1) is 6.61 Å². The highest BCUT2D eigenvalue weighted by atomic mass is 19.1. The average molecular weight is 289 g/mol. The molecule has 0 saturated carbocycles. The predicted molar refractivity (Wildman–Crippen MR) is 81.3 cm³/mol. The van der Waals surface area contributed by atoms with E-state index in [4.69, 9.17) is 15.2 Å². The first kappa shape index (κ1) is 15.3. The Morgan fingerprint density at radius 1 is 1.10 bits per heavy atom. The first-order valence-corrected chi connectivity index (χ1v) is 7.06. The smallest absolute Gasteiger partial charge is 0.166 e. The van der Waals surface area contributed by atoms with Crippen LogP contribution in [-0.4, -0.2) is 6.61 Å². The molecule has 0 aliphatic carbocycles. The van der Waals surface area contributed by atoms with E-state index in [1.807, 2.05) is 13.8 Å². The van der Waals surface area contributed by atoms with Gasteiger partial charge in [-0.25, -0.2) is 4.39 Å². The molecule has 0 aliphatic rings. The summed E-state index contributed by atoms with van der Waals surface area (Å²) in [6.45, 7) is 4.53. The van der Waals surface area contributed by atoms with Gasteiger partial charge in [0.15, 0.2) is 11.6 Å². The van der Waals surface area contributed by atoms with Crippen LogP contribution in [0.15, 0.2) is 42.5 Å². The minimum Gasteiger partial charge on any atom is -0.494 e. The zero-order valence-electron chi connectivity index (χ0n) is 12.3. The van der Waals surface area contributed by atoms with E-state index in [2.05, 4.69) is 0 Å². The molecule has 3 nitrogen and oxygen atoms in total. The number of hydrogen-bond donors (Lipinski definition) is 1. The fourth-order valence-corrected chi connectivity index (χ4v) is 1.83. The molecule has 2 N–H and O–H groups in total. The van der Waals surface area contributed by atoms with Crippen LogP contribution in [0.3, 0.4) is 0 Å². The lowest BCUT2D eigenvalue weighted by molar-refractivity contribution is 0.317. The van der Waals surface area contributed by atoms with Gasteiger partial charge in [0, 0.05) is 6.04 Å². The molecule has 0 amide bonds. The standard InChI is InChI=1S/C17H20FNO2/c1-3-10-20-14-5-7-15(8-6-14)21-17-9-4-13(12(2)19)11-16(17)18/h4-9,11-12H,3,10,19H2,1-2H3/t12-/m0/s1. The SMILES string of the molecule is CCCOc1ccc(Oc2ccc([C@H](C)N)cc2F)cc1. The van der Waals surface area contributed by atoms with Gasteiger partial charge >= 0.3 is 0 Å². The van der Waals surface area contributed by atoms with Crippen LogP contribution in [0.1, 0.15) is 31.9 Å². The highest BCUT2D eigenvalue weighted by molar-refractivity contribution is 5.37. The van der Waals surface area contributed by atoms with E-state index < -0.39 is 5.82 Å². The lowest BCUT2D eigenvalue weighted by Gasteiger charge is -2.11. The number of nitrogens with two attached hydrogens (primary N) is 1. The van der Waals surface area contributed by atoms with Crippen molar-refractivity contribution in [3.05, 3.63) is 53.8 Å². The zero-order valence-corrected chi connectivity index (χ0v) is 12.3. The molecule has 1 atom stereocenters. The lowest BCUT2D eigenvalue weighted by atomic mass is 10.1. The normalized spacial score (nSPS) is 12.0. The van der Waals surface area contributed by atoms with E-state index in [1.165, 1.54) is 6.07 Å². The summed E-state index contributed by atoms with van der Waals surface area (Å²) < 4.78 is 25.0. The van der Waals surface area contributed by atoms with Crippen LogP contribution in [0.2, 0.25) is 0 Å². The van der Waals surface area contributed by atoms with Crippen LogP contribution in [0.4, 0.5) is 4.39 Å². The van der Waals surface area contributed by atoms with E-state index in [0.717, 1.165) is 17.7 Å². The summed E-state index contributed by atoms with van der Waals surface area (Å²) in [6.07, 6.45) is 0.954. The Balaban J connectivity index is 2.07. The second-order valence-corrected chi connectivity index (χ2v) is 4.90. The van der Waals surface area contributed by atoms with E-state index in [0.29, 0.717) is 12.4 Å². The maximum atomic E-state index is 13.9. The molecule has 0 radical (unpaired) electrons. The van der Waals surface area contributed by atoms with Gasteiger partial charge < -0.3 is 15.2 Å². The van der Waals surface area contributed by atoms with Gasteiger partial charge in [0.2, 0.25) is 0 Å². The molecular formula is C17H20FNO2. The maximum absolute atomic E-state index is 13.9. The number of ether oxygens (including phenoxy) is 2. The molecule has 0 aliphatic heterocycles. The number of rotatable bonds is 6. The molecule has 0 bridgehead atoms. The Morgan fingerprint density at radius 2 is 1.76 bits per heavy atom. The van der Waals surface area contributed by atoms with Crippen molar-refractivity contribution < 1.29 is 13.9 Å². The topological polar surface area (TPSA) is 44.5 Å². The lowest BCUT2D eigenvalue weighted by Crippen LogP contribution is -2.05. The van der Waals surface area contributed by atoms with Gasteiger partial charge in [-0.3, -0.25) is 0 Å². The van der Waals surface area contributed by atoms with Gasteiger partial charge in [-0.2, -0.15) is 0 Å². The molecule has 21 heavy (non-hydrogen) atoms. The highest BCUT2D eigenvalue weighted by Crippen LogP contribution is 2.27. The summed E-state index contributed by atoms with van der Waals surface area (Å²) in [5, 5.41) is 0. The predicted octanol–water partition coefficient (Wildman–Crippen LogP) is 4.43. The van der Waals surface area contributed by atoms with Crippen molar-refractivity contribution in [2.75, 3.05) is 6.61 Å². The van der Waals surface area contributed by atoms with Crippen LogP contribution in [-0.2, 0) is 0 Å². The van der Waals surface area contributed by atoms with Crippen molar-refractivity contribution in [2.45, 2.75) is 26.3 Å². The van der Waals surface area contributed by atoms with Crippen LogP contribution >= 0.6 is 0 Å². The second kappa shape index (κ2) is 7.09. The molecule has 0 unspecified atom stereocenters. The van der Waals surface area contributed by atoms with Gasteiger partial charge in [0.1, 0.15) is 11.5 Å². The molecule has 0 heterocycles. The number of halogens is 1. The summed E-state index contributed by atoms with van der Waals surface area (Å²) in [5.41, 5.74) is 6.46. The summed E-state index contributed by atoms with van der Waals surface area (Å²) in [5.74, 6) is 1.10. The Hall–Kier alpha value is -2.07. The quantitative estimate of drug-likeness (QED) is 0.855. The molecule has 4 heteroatoms. The third-order valence-electron chi connectivity index (χ3n) is 3.01. The number of benzene rings is 2. The first-order chi connectivity index (χ1) is 10.1. The molecular weight excluding hydrogens is 269 g/mol. The van der Waals surface area contributed by atoms with Crippen LogP contribution < -0.4 is 15.2 Å². The monoisotopic (exact) mass is 289 g/mol. The van der Waals surface area contributed by atoms with Crippen LogP contribution in [0, 0.1) is 5.82 Å². The van der Waals surface area contributed by atoms with Gasteiger partial charge in [-0.05, 0) is 55.3 Å². The molecule has 0 saturated heterocycles. The van der Waals surface area contributed by atoms with Gasteiger partial charge in [-0.15, -0.1) is 0 Å². The third kappa shape index (κ3) is 4.20. The fraction of sp³-hybridized carbons (Fsp3) is 0.294. The van der Waals surface area contributed by atoms with Gasteiger partial charge in [0.25, 0.3) is 0 Å². The Labute approximate surface area is 124 Å². The van der Waals surface area contributed by atoms with Gasteiger partial charge in [-0.1, -0.05) is 13.0 Å². The molecule has 0 spiro atoms. The van der Waals surface area contributed by atoms with E-state index in [9.17, 15) is 4.39 Å². The maximum Gasteiger partial charge on any atom is 0.166 e. The van der Waals surface area contributed by atoms with E-state index >= 15 is 0 Å². The molecule has 0 aromatic heterocycles. The average Bonchev–Trinajstić information content (AvgIpc) is 2.48. The van der Waals surface area contributed by atoms with Crippen molar-refractivity contribution in [3.63, 3.8) is 0 Å². The Morgan fingerprint density at radius 3 is 2.33 bits per heavy atom. The Kier molecular flexibility index (Phi) is 5.17. The summed E-state index contributed by atoms with van der Waals surface area (Å²) in [6, 6.07) is 11.7. The minimum atomic E-state index is -0.420. The highest BCUT2D eigenvalue weighted by Gasteiger charge is 2.08. The molecule has 2 aromatic carbocycles. The first-order valence-electron chi connectivity index (χ1n) is 7.06. The molecule has 2 aromatic rings. The summed E-state index contributed by atoms with van der Waals surface area (Å²) in [7, 11) is 0. The van der Waals surface area contributed by atoms with Crippen molar-refractivity contribution in [3.8, 4) is 17.2 Å². The fourth-order valence-electron chi connectivity index (χ4n) is 1.83. The van der Waals surface area contributed by atoms with Crippen LogP contribution in [0.5, 0.6) is 17.2 Å². The number of hydrogen-bond acceptors (Lipinski definition) is 3. The zero-order chi connectivity index (χ0) is 15.2. The van der Waals surface area contributed by atoms with E-state index in [-0.39, 0.29) is 11.8 Å². The van der Waals surface area contributed by atoms with Crippen molar-refractivity contribution in [1.82, 2.24) is 0 Å². The van der Waals surface area contributed by atoms with Crippen LogP contribution in [0.25, 0.3) is 0 Å². The van der Waals surface area contributed by atoms with E-state index in [1.54, 1.807) is 36.4 Å². The summed E-state index contributed by atoms with van der Waals surface area (Å²) in [4.78, 5) is 0. The van der Waals surface area contributed by atoms with Crippen molar-refractivity contribution >= 4 is 0 Å². The minimum absolute atomic E-state index is 0.182. The largest absolute Gasteiger partial charge is 0.494 e. The van der Waals surface area contributed by atoms with Crippen molar-refractivity contribution in [1.29, 1.82) is 0 Å². The second-order valence-electron chi connectivity index (χ2n) is 4.90.